The molecule has 0 saturated heterocycles. The number of rotatable bonds is 3. The number of ether oxygens (including phenoxy) is 1. The zero-order chi connectivity index (χ0) is 12.9. The Labute approximate surface area is 104 Å². The van der Waals surface area contributed by atoms with E-state index in [-0.39, 0.29) is 12.1 Å². The van der Waals surface area contributed by atoms with Crippen molar-refractivity contribution in [2.75, 3.05) is 6.54 Å². The van der Waals surface area contributed by atoms with Crippen molar-refractivity contribution in [3.63, 3.8) is 0 Å². The summed E-state index contributed by atoms with van der Waals surface area (Å²) in [5.74, 6) is 0.747. The van der Waals surface area contributed by atoms with E-state index in [0.717, 1.165) is 44.6 Å². The van der Waals surface area contributed by atoms with E-state index in [9.17, 15) is 4.79 Å². The van der Waals surface area contributed by atoms with Crippen molar-refractivity contribution >= 4 is 6.09 Å². The fourth-order valence-electron chi connectivity index (χ4n) is 2.31. The van der Waals surface area contributed by atoms with Crippen molar-refractivity contribution in [3.05, 3.63) is 0 Å². The summed E-state index contributed by atoms with van der Waals surface area (Å²) in [6, 6.07) is 0.277. The SMILES string of the molecule is CC(C)(C)OC(=O)N[C@H]1CC[C@@H](CCN)CC1. The summed E-state index contributed by atoms with van der Waals surface area (Å²) in [6.45, 7) is 6.41. The van der Waals surface area contributed by atoms with Crippen molar-refractivity contribution < 1.29 is 9.53 Å². The minimum atomic E-state index is -0.416. The average Bonchev–Trinajstić information content (AvgIpc) is 2.18. The van der Waals surface area contributed by atoms with Crippen LogP contribution in [0, 0.1) is 5.92 Å². The molecule has 0 aliphatic heterocycles. The van der Waals surface area contributed by atoms with Crippen molar-refractivity contribution in [3.8, 4) is 0 Å². The zero-order valence-electron chi connectivity index (χ0n) is 11.3. The smallest absolute Gasteiger partial charge is 0.407 e. The Kier molecular flexibility index (Phi) is 5.25. The number of carbonyl (C=O) groups excluding carboxylic acids is 1. The third-order valence-corrected chi connectivity index (χ3v) is 3.14. The van der Waals surface area contributed by atoms with Gasteiger partial charge >= 0.3 is 6.09 Å². The number of nitrogens with one attached hydrogen (secondary N) is 1. The Morgan fingerprint density at radius 3 is 2.35 bits per heavy atom. The fraction of sp³-hybridized carbons (Fsp3) is 0.923. The highest BCUT2D eigenvalue weighted by Gasteiger charge is 2.24. The molecule has 1 aliphatic carbocycles. The van der Waals surface area contributed by atoms with Gasteiger partial charge in [-0.1, -0.05) is 0 Å². The van der Waals surface area contributed by atoms with Gasteiger partial charge in [-0.3, -0.25) is 0 Å². The van der Waals surface area contributed by atoms with Crippen LogP contribution in [0.15, 0.2) is 0 Å². The Hall–Kier alpha value is -0.770. The molecule has 0 atom stereocenters. The first-order chi connectivity index (χ1) is 7.90. The lowest BCUT2D eigenvalue weighted by Gasteiger charge is -2.29. The molecule has 1 aliphatic rings. The average molecular weight is 242 g/mol. The highest BCUT2D eigenvalue weighted by Crippen LogP contribution is 2.26. The Morgan fingerprint density at radius 1 is 1.29 bits per heavy atom. The van der Waals surface area contributed by atoms with Crippen LogP contribution >= 0.6 is 0 Å². The van der Waals surface area contributed by atoms with Crippen molar-refractivity contribution in [1.82, 2.24) is 5.32 Å². The zero-order valence-corrected chi connectivity index (χ0v) is 11.3. The summed E-state index contributed by atoms with van der Waals surface area (Å²) in [4.78, 5) is 11.6. The molecule has 100 valence electrons. The topological polar surface area (TPSA) is 64.3 Å². The van der Waals surface area contributed by atoms with Crippen LogP contribution in [0.5, 0.6) is 0 Å². The van der Waals surface area contributed by atoms with Gasteiger partial charge in [0.05, 0.1) is 0 Å². The van der Waals surface area contributed by atoms with Crippen LogP contribution in [-0.2, 0) is 4.74 Å². The van der Waals surface area contributed by atoms with Gasteiger partial charge in [0.25, 0.3) is 0 Å². The lowest BCUT2D eigenvalue weighted by Crippen LogP contribution is -2.41. The molecule has 1 saturated carbocycles. The third kappa shape index (κ3) is 5.91. The molecular formula is C13H26N2O2. The minimum absolute atomic E-state index is 0.277. The normalized spacial score (nSPS) is 25.4. The molecule has 1 rings (SSSR count). The summed E-state index contributed by atoms with van der Waals surface area (Å²) in [5, 5.41) is 2.95. The molecule has 0 radical (unpaired) electrons. The summed E-state index contributed by atoms with van der Waals surface area (Å²) >= 11 is 0. The van der Waals surface area contributed by atoms with E-state index in [2.05, 4.69) is 5.32 Å². The van der Waals surface area contributed by atoms with Crippen LogP contribution in [-0.4, -0.2) is 24.3 Å². The molecule has 0 bridgehead atoms. The molecule has 0 spiro atoms. The lowest BCUT2D eigenvalue weighted by atomic mass is 9.84. The second-order valence-electron chi connectivity index (χ2n) is 5.94. The molecule has 0 unspecified atom stereocenters. The van der Waals surface area contributed by atoms with Crippen LogP contribution in [0.3, 0.4) is 0 Å². The fourth-order valence-corrected chi connectivity index (χ4v) is 2.31. The second-order valence-corrected chi connectivity index (χ2v) is 5.94. The van der Waals surface area contributed by atoms with Crippen molar-refractivity contribution in [2.24, 2.45) is 11.7 Å². The third-order valence-electron chi connectivity index (χ3n) is 3.14. The van der Waals surface area contributed by atoms with Crippen molar-refractivity contribution in [1.29, 1.82) is 0 Å². The Morgan fingerprint density at radius 2 is 1.88 bits per heavy atom. The van der Waals surface area contributed by atoms with Gasteiger partial charge in [0, 0.05) is 6.04 Å². The first-order valence-corrected chi connectivity index (χ1v) is 6.60. The summed E-state index contributed by atoms with van der Waals surface area (Å²) in [7, 11) is 0. The molecule has 4 heteroatoms. The maximum atomic E-state index is 11.6. The molecule has 0 aromatic heterocycles. The molecule has 4 nitrogen and oxygen atoms in total. The predicted octanol–water partition coefficient (Wildman–Crippen LogP) is 2.42. The van der Waals surface area contributed by atoms with Gasteiger partial charge < -0.3 is 15.8 Å². The molecule has 3 N–H and O–H groups in total. The number of hydrogen-bond acceptors (Lipinski definition) is 3. The van der Waals surface area contributed by atoms with Crippen LogP contribution < -0.4 is 11.1 Å². The lowest BCUT2D eigenvalue weighted by molar-refractivity contribution is 0.0487. The largest absolute Gasteiger partial charge is 0.444 e. The Bertz CT molecular complexity index is 240. The van der Waals surface area contributed by atoms with Gasteiger partial charge in [-0.05, 0) is 65.3 Å². The van der Waals surface area contributed by atoms with Crippen LogP contribution in [0.1, 0.15) is 52.9 Å². The quantitative estimate of drug-likeness (QED) is 0.799. The van der Waals surface area contributed by atoms with E-state index in [4.69, 9.17) is 10.5 Å². The van der Waals surface area contributed by atoms with Gasteiger partial charge in [-0.15, -0.1) is 0 Å². The number of amides is 1. The molecule has 0 aromatic rings. The first-order valence-electron chi connectivity index (χ1n) is 6.60. The predicted molar refractivity (Wildman–Crippen MR) is 68.8 cm³/mol. The van der Waals surface area contributed by atoms with Crippen LogP contribution in [0.25, 0.3) is 0 Å². The molecule has 1 amide bonds. The molecule has 1 fully saturated rings. The van der Waals surface area contributed by atoms with E-state index in [0.29, 0.717) is 0 Å². The van der Waals surface area contributed by atoms with Crippen LogP contribution in [0.4, 0.5) is 4.79 Å². The van der Waals surface area contributed by atoms with Gasteiger partial charge in [0.15, 0.2) is 0 Å². The molecule has 0 heterocycles. The minimum Gasteiger partial charge on any atom is -0.444 e. The highest BCUT2D eigenvalue weighted by molar-refractivity contribution is 5.68. The van der Waals surface area contributed by atoms with E-state index in [1.807, 2.05) is 20.8 Å². The van der Waals surface area contributed by atoms with E-state index in [1.54, 1.807) is 0 Å². The maximum Gasteiger partial charge on any atom is 0.407 e. The number of carbonyl (C=O) groups is 1. The number of nitrogens with two attached hydrogens (primary N) is 1. The van der Waals surface area contributed by atoms with Gasteiger partial charge in [-0.25, -0.2) is 4.79 Å². The van der Waals surface area contributed by atoms with E-state index in [1.165, 1.54) is 0 Å². The molecule has 0 aromatic carbocycles. The van der Waals surface area contributed by atoms with E-state index >= 15 is 0 Å². The van der Waals surface area contributed by atoms with Gasteiger partial charge in [0.2, 0.25) is 0 Å². The second kappa shape index (κ2) is 6.24. The van der Waals surface area contributed by atoms with Crippen molar-refractivity contribution in [2.45, 2.75) is 64.5 Å². The van der Waals surface area contributed by atoms with Crippen LogP contribution in [0.2, 0.25) is 0 Å². The number of hydrogen-bond donors (Lipinski definition) is 2. The van der Waals surface area contributed by atoms with Gasteiger partial charge in [-0.2, -0.15) is 0 Å². The van der Waals surface area contributed by atoms with E-state index < -0.39 is 5.60 Å². The standard InChI is InChI=1S/C13H26N2O2/c1-13(2,3)17-12(16)15-11-6-4-10(5-7-11)8-9-14/h10-11H,4-9,14H2,1-3H3,(H,15,16)/t10-,11+. The highest BCUT2D eigenvalue weighted by atomic mass is 16.6. The summed E-state index contributed by atoms with van der Waals surface area (Å²) < 4.78 is 5.24. The molecule has 17 heavy (non-hydrogen) atoms. The maximum absolute atomic E-state index is 11.6. The number of alkyl carbamates (subject to hydrolysis) is 1. The first kappa shape index (κ1) is 14.3. The molecular weight excluding hydrogens is 216 g/mol. The monoisotopic (exact) mass is 242 g/mol. The van der Waals surface area contributed by atoms with Gasteiger partial charge in [0.1, 0.15) is 5.60 Å². The summed E-state index contributed by atoms with van der Waals surface area (Å²) in [5.41, 5.74) is 5.14. The Balaban J connectivity index is 2.24. The summed E-state index contributed by atoms with van der Waals surface area (Å²) in [6.07, 6.45) is 5.24.